The summed E-state index contributed by atoms with van der Waals surface area (Å²) in [7, 11) is -9.81. The molecular weight excluding hydrogens is 1190 g/mol. The standard InChI is InChI=1S/C73H118O16P2/c1-4-7-10-13-16-19-22-25-27-29-31-32-33-34-36-38-39-42-44-47-50-53-56-59-71(76)83-62-68(74)63-85-90(79,80)86-64-69(75)65-87-91(81,82)88-67-70(89-73(78)61-58-55-52-49-46-41-24-21-18-15-12-9-6-3)66-84-72(77)60-57-54-51-48-45-43-40-37-35-30-28-26-23-20-17-14-11-8-5-2/h7-8,10-12,15-17,19-21,24-28,31-32,34-37,39,42-43,45,68-70,74-75H,4-6,9,13-14,18,22-23,29-30,33,38,40-41,44,46-67H2,1-3H3,(H,79,80)(H,81,82)/b10-7-,11-8-,15-12-,19-16-,20-17-,24-21-,27-25-,28-26-,32-31-,36-34-,37-35-,42-39-,45-43-. The van der Waals surface area contributed by atoms with Crippen molar-refractivity contribution in [2.24, 2.45) is 0 Å². The quantitative estimate of drug-likeness (QED) is 0.0146. The van der Waals surface area contributed by atoms with E-state index in [4.69, 9.17) is 32.3 Å². The lowest BCUT2D eigenvalue weighted by molar-refractivity contribution is -0.161. The van der Waals surface area contributed by atoms with Crippen molar-refractivity contribution in [3.63, 3.8) is 0 Å². The summed E-state index contributed by atoms with van der Waals surface area (Å²) in [6, 6.07) is 0. The summed E-state index contributed by atoms with van der Waals surface area (Å²) >= 11 is 0. The third-order valence-electron chi connectivity index (χ3n) is 13.2. The fourth-order valence-corrected chi connectivity index (χ4v) is 9.69. The van der Waals surface area contributed by atoms with E-state index in [1.165, 1.54) is 0 Å². The van der Waals surface area contributed by atoms with Gasteiger partial charge in [-0.1, -0.05) is 224 Å². The number of aliphatic hydroxyl groups excluding tert-OH is 2. The molecule has 516 valence electrons. The van der Waals surface area contributed by atoms with E-state index in [0.717, 1.165) is 167 Å². The third kappa shape index (κ3) is 66.4. The Balaban J connectivity index is 4.69. The lowest BCUT2D eigenvalue weighted by atomic mass is 10.1. The first-order chi connectivity index (χ1) is 44.2. The molecule has 0 aromatic heterocycles. The second-order valence-corrected chi connectivity index (χ2v) is 24.8. The van der Waals surface area contributed by atoms with Gasteiger partial charge in [-0.3, -0.25) is 32.5 Å². The molecule has 0 saturated carbocycles. The third-order valence-corrected chi connectivity index (χ3v) is 15.1. The van der Waals surface area contributed by atoms with E-state index in [9.17, 15) is 43.5 Å². The van der Waals surface area contributed by atoms with Crippen molar-refractivity contribution in [2.75, 3.05) is 39.6 Å². The van der Waals surface area contributed by atoms with E-state index in [0.29, 0.717) is 19.3 Å². The fraction of sp³-hybridized carbons (Fsp3) is 0.603. The first kappa shape index (κ1) is 86.2. The fourth-order valence-electron chi connectivity index (χ4n) is 8.11. The Hall–Kier alpha value is -4.83. The van der Waals surface area contributed by atoms with Crippen molar-refractivity contribution in [2.45, 2.75) is 245 Å². The Bertz CT molecular complexity index is 2290. The minimum absolute atomic E-state index is 0.0742. The van der Waals surface area contributed by atoms with Gasteiger partial charge in [0.15, 0.2) is 6.10 Å². The number of allylic oxidation sites excluding steroid dienone is 26. The van der Waals surface area contributed by atoms with Crippen LogP contribution in [0.25, 0.3) is 0 Å². The molecule has 0 spiro atoms. The van der Waals surface area contributed by atoms with Gasteiger partial charge < -0.3 is 34.2 Å². The second-order valence-electron chi connectivity index (χ2n) is 21.9. The van der Waals surface area contributed by atoms with Crippen LogP contribution in [-0.2, 0) is 55.8 Å². The molecule has 0 saturated heterocycles. The molecule has 0 rings (SSSR count). The number of phosphoric ester groups is 2. The largest absolute Gasteiger partial charge is 0.472 e. The molecule has 0 aliphatic carbocycles. The van der Waals surface area contributed by atoms with Crippen LogP contribution in [0.15, 0.2) is 158 Å². The zero-order valence-corrected chi connectivity index (χ0v) is 57.5. The smallest absolute Gasteiger partial charge is 0.463 e. The predicted octanol–water partition coefficient (Wildman–Crippen LogP) is 18.7. The summed E-state index contributed by atoms with van der Waals surface area (Å²) in [6.07, 6.45) is 78.7. The lowest BCUT2D eigenvalue weighted by Gasteiger charge is -2.21. The topological polar surface area (TPSA) is 231 Å². The highest BCUT2D eigenvalue weighted by molar-refractivity contribution is 7.47. The minimum Gasteiger partial charge on any atom is -0.463 e. The highest BCUT2D eigenvalue weighted by Gasteiger charge is 2.29. The molecule has 0 fully saturated rings. The van der Waals surface area contributed by atoms with Crippen LogP contribution in [0.3, 0.4) is 0 Å². The highest BCUT2D eigenvalue weighted by Crippen LogP contribution is 2.45. The summed E-state index contributed by atoms with van der Waals surface area (Å²) in [5.74, 6) is -1.67. The number of hydrogen-bond acceptors (Lipinski definition) is 14. The minimum atomic E-state index is -4.94. The zero-order valence-electron chi connectivity index (χ0n) is 55.7. The van der Waals surface area contributed by atoms with Crippen LogP contribution in [0.4, 0.5) is 0 Å². The van der Waals surface area contributed by atoms with Crippen LogP contribution >= 0.6 is 15.6 Å². The maximum Gasteiger partial charge on any atom is 0.472 e. The number of unbranched alkanes of at least 4 members (excludes halogenated alkanes) is 13. The number of carbonyl (C=O) groups excluding carboxylic acids is 3. The van der Waals surface area contributed by atoms with E-state index in [-0.39, 0.29) is 19.3 Å². The van der Waals surface area contributed by atoms with Gasteiger partial charge in [-0.15, -0.1) is 0 Å². The Morgan fingerprint density at radius 3 is 0.934 bits per heavy atom. The number of carbonyl (C=O) groups is 3. The van der Waals surface area contributed by atoms with Gasteiger partial charge in [0.25, 0.3) is 0 Å². The molecule has 91 heavy (non-hydrogen) atoms. The SMILES string of the molecule is CC/C=C\C/C=C\C/C=C\C/C=C\C/C=C\C/C=C\CCCCCCC(=O)OCC(O)COP(=O)(O)OCC(O)COP(=O)(O)OCC(COC(=O)CCCCC/C=C\C/C=C\C/C=C\C/C=C\C/C=C\CC)OC(=O)CCCCCCC/C=C\C/C=C\CCC. The average molecular weight is 1310 g/mol. The number of ether oxygens (including phenoxy) is 3. The first-order valence-electron chi connectivity index (χ1n) is 33.8. The number of esters is 3. The van der Waals surface area contributed by atoms with Crippen LogP contribution < -0.4 is 0 Å². The summed E-state index contributed by atoms with van der Waals surface area (Å²) in [5, 5.41) is 20.5. The molecule has 18 heteroatoms. The Morgan fingerprint density at radius 1 is 0.319 bits per heavy atom. The van der Waals surface area contributed by atoms with Crippen molar-refractivity contribution in [1.29, 1.82) is 0 Å². The normalized spacial score (nSPS) is 15.2. The summed E-state index contributed by atoms with van der Waals surface area (Å²) in [4.78, 5) is 58.3. The molecular formula is C73H118O16P2. The molecule has 0 amide bonds. The molecule has 0 bridgehead atoms. The molecule has 0 aromatic carbocycles. The Kier molecular flexibility index (Phi) is 61.8. The van der Waals surface area contributed by atoms with E-state index in [1.807, 2.05) is 0 Å². The summed E-state index contributed by atoms with van der Waals surface area (Å²) < 4.78 is 60.8. The monoisotopic (exact) mass is 1310 g/mol. The highest BCUT2D eigenvalue weighted by atomic mass is 31.2. The van der Waals surface area contributed by atoms with Gasteiger partial charge >= 0.3 is 33.6 Å². The molecule has 0 aliphatic rings. The maximum absolute atomic E-state index is 12.9. The Morgan fingerprint density at radius 2 is 0.582 bits per heavy atom. The molecule has 0 radical (unpaired) electrons. The van der Waals surface area contributed by atoms with Crippen LogP contribution in [-0.4, -0.2) is 95.9 Å². The van der Waals surface area contributed by atoms with E-state index < -0.39 is 91.5 Å². The van der Waals surface area contributed by atoms with Crippen molar-refractivity contribution >= 4 is 33.6 Å². The van der Waals surface area contributed by atoms with Crippen molar-refractivity contribution in [3.8, 4) is 0 Å². The van der Waals surface area contributed by atoms with Gasteiger partial charge in [-0.05, 0) is 141 Å². The zero-order chi connectivity index (χ0) is 66.7. The van der Waals surface area contributed by atoms with Crippen molar-refractivity contribution in [1.82, 2.24) is 0 Å². The second kappa shape index (κ2) is 65.2. The molecule has 0 aromatic rings. The van der Waals surface area contributed by atoms with E-state index >= 15 is 0 Å². The number of hydrogen-bond donors (Lipinski definition) is 4. The van der Waals surface area contributed by atoms with Gasteiger partial charge in [0.1, 0.15) is 25.4 Å². The van der Waals surface area contributed by atoms with Gasteiger partial charge in [0.2, 0.25) is 0 Å². The Labute approximate surface area is 549 Å². The van der Waals surface area contributed by atoms with Gasteiger partial charge in [0, 0.05) is 19.3 Å². The molecule has 0 aliphatic heterocycles. The molecule has 0 heterocycles. The molecule has 5 unspecified atom stereocenters. The van der Waals surface area contributed by atoms with Crippen LogP contribution in [0.1, 0.15) is 226 Å². The lowest BCUT2D eigenvalue weighted by Crippen LogP contribution is -2.30. The van der Waals surface area contributed by atoms with E-state index in [2.05, 4.69) is 179 Å². The number of rotatable bonds is 62. The van der Waals surface area contributed by atoms with Gasteiger partial charge in [0.05, 0.1) is 26.4 Å². The average Bonchev–Trinajstić information content (AvgIpc) is 3.74. The van der Waals surface area contributed by atoms with Crippen LogP contribution in [0.5, 0.6) is 0 Å². The first-order valence-corrected chi connectivity index (χ1v) is 36.8. The predicted molar refractivity (Wildman–Crippen MR) is 371 cm³/mol. The molecule has 5 atom stereocenters. The van der Waals surface area contributed by atoms with E-state index in [1.54, 1.807) is 0 Å². The van der Waals surface area contributed by atoms with Crippen LogP contribution in [0, 0.1) is 0 Å². The maximum atomic E-state index is 12.9. The van der Waals surface area contributed by atoms with Crippen LogP contribution in [0.2, 0.25) is 0 Å². The van der Waals surface area contributed by atoms with Gasteiger partial charge in [-0.25, -0.2) is 9.13 Å². The number of phosphoric acid groups is 2. The number of aliphatic hydroxyl groups is 2. The van der Waals surface area contributed by atoms with Crippen molar-refractivity contribution < 1.29 is 75.8 Å². The van der Waals surface area contributed by atoms with Crippen molar-refractivity contribution in [3.05, 3.63) is 158 Å². The summed E-state index contributed by atoms with van der Waals surface area (Å²) in [5.41, 5.74) is 0. The molecule has 16 nitrogen and oxygen atoms in total. The molecule has 4 N–H and O–H groups in total. The van der Waals surface area contributed by atoms with Gasteiger partial charge in [-0.2, -0.15) is 0 Å². The summed E-state index contributed by atoms with van der Waals surface area (Å²) in [6.45, 7) is 2.25.